The molecule has 0 saturated heterocycles. The summed E-state index contributed by atoms with van der Waals surface area (Å²) in [6.07, 6.45) is 1.42. The standard InChI is InChI=1S/C18H20N4O4/c1-18(2,3)26-14(23)11-21(4)17-20-15(24)13-10-19-22(16(13)25-17)12-8-6-5-7-9-12/h5-10H,11H2,1-4H3. The molecule has 0 bridgehead atoms. The van der Waals surface area contributed by atoms with Gasteiger partial charge in [-0.05, 0) is 32.9 Å². The van der Waals surface area contributed by atoms with Gasteiger partial charge in [0, 0.05) is 7.05 Å². The summed E-state index contributed by atoms with van der Waals surface area (Å²) >= 11 is 0. The number of likely N-dealkylation sites (N-methyl/N-ethyl adjacent to an activating group) is 1. The average Bonchev–Trinajstić information content (AvgIpc) is 2.98. The van der Waals surface area contributed by atoms with Crippen molar-refractivity contribution in [2.45, 2.75) is 26.4 Å². The molecule has 1 aromatic carbocycles. The van der Waals surface area contributed by atoms with Crippen molar-refractivity contribution in [1.29, 1.82) is 0 Å². The zero-order valence-corrected chi connectivity index (χ0v) is 15.1. The third-order valence-electron chi connectivity index (χ3n) is 3.45. The van der Waals surface area contributed by atoms with Crippen molar-refractivity contribution in [3.05, 3.63) is 46.9 Å². The van der Waals surface area contributed by atoms with Crippen LogP contribution in [0.5, 0.6) is 0 Å². The summed E-state index contributed by atoms with van der Waals surface area (Å²) < 4.78 is 12.6. The molecule has 0 spiro atoms. The first-order valence-electron chi connectivity index (χ1n) is 8.12. The van der Waals surface area contributed by atoms with E-state index in [2.05, 4.69) is 10.1 Å². The van der Waals surface area contributed by atoms with E-state index in [1.165, 1.54) is 15.8 Å². The molecular weight excluding hydrogens is 336 g/mol. The summed E-state index contributed by atoms with van der Waals surface area (Å²) in [6.45, 7) is 5.26. The number of carbonyl (C=O) groups excluding carboxylic acids is 1. The summed E-state index contributed by atoms with van der Waals surface area (Å²) in [5.74, 6) is -0.443. The Morgan fingerprint density at radius 2 is 1.96 bits per heavy atom. The van der Waals surface area contributed by atoms with Gasteiger partial charge in [-0.3, -0.25) is 9.59 Å². The van der Waals surface area contributed by atoms with E-state index < -0.39 is 17.1 Å². The predicted molar refractivity (Wildman–Crippen MR) is 96.5 cm³/mol. The third-order valence-corrected chi connectivity index (χ3v) is 3.45. The van der Waals surface area contributed by atoms with Crippen LogP contribution in [0, 0.1) is 0 Å². The highest BCUT2D eigenvalue weighted by Gasteiger charge is 2.21. The first-order valence-corrected chi connectivity index (χ1v) is 8.12. The highest BCUT2D eigenvalue weighted by atomic mass is 16.6. The summed E-state index contributed by atoms with van der Waals surface area (Å²) in [6, 6.07) is 9.31. The monoisotopic (exact) mass is 356 g/mol. The summed E-state index contributed by atoms with van der Waals surface area (Å²) in [5, 5.41) is 4.48. The fraction of sp³-hybridized carbons (Fsp3) is 0.333. The number of ether oxygens (including phenoxy) is 1. The number of anilines is 1. The Morgan fingerprint density at radius 1 is 1.27 bits per heavy atom. The number of esters is 1. The van der Waals surface area contributed by atoms with Crippen molar-refractivity contribution in [3.63, 3.8) is 0 Å². The topological polar surface area (TPSA) is 90.5 Å². The Balaban J connectivity index is 1.95. The van der Waals surface area contributed by atoms with Gasteiger partial charge in [-0.2, -0.15) is 14.8 Å². The van der Waals surface area contributed by atoms with E-state index in [1.807, 2.05) is 30.3 Å². The van der Waals surface area contributed by atoms with Crippen LogP contribution in [-0.4, -0.2) is 39.9 Å². The van der Waals surface area contributed by atoms with E-state index >= 15 is 0 Å². The van der Waals surface area contributed by atoms with Crippen molar-refractivity contribution in [3.8, 4) is 5.69 Å². The van der Waals surface area contributed by atoms with E-state index in [4.69, 9.17) is 9.15 Å². The van der Waals surface area contributed by atoms with Crippen LogP contribution in [0.25, 0.3) is 16.8 Å². The number of para-hydroxylation sites is 1. The lowest BCUT2D eigenvalue weighted by atomic mass is 10.2. The molecule has 26 heavy (non-hydrogen) atoms. The molecule has 0 fully saturated rings. The largest absolute Gasteiger partial charge is 0.459 e. The van der Waals surface area contributed by atoms with Gasteiger partial charge in [0.15, 0.2) is 0 Å². The number of hydrogen-bond acceptors (Lipinski definition) is 7. The first kappa shape index (κ1) is 17.7. The van der Waals surface area contributed by atoms with Gasteiger partial charge in [-0.25, -0.2) is 0 Å². The number of aromatic nitrogens is 3. The minimum atomic E-state index is -0.595. The van der Waals surface area contributed by atoms with Gasteiger partial charge in [0.1, 0.15) is 17.5 Å². The summed E-state index contributed by atoms with van der Waals surface area (Å²) in [4.78, 5) is 29.6. The van der Waals surface area contributed by atoms with Gasteiger partial charge in [0.05, 0.1) is 11.9 Å². The van der Waals surface area contributed by atoms with E-state index in [-0.39, 0.29) is 23.7 Å². The maximum Gasteiger partial charge on any atom is 0.326 e. The highest BCUT2D eigenvalue weighted by Crippen LogP contribution is 2.19. The number of hydrogen-bond donors (Lipinski definition) is 0. The molecule has 136 valence electrons. The van der Waals surface area contributed by atoms with E-state index in [1.54, 1.807) is 27.8 Å². The van der Waals surface area contributed by atoms with Crippen molar-refractivity contribution >= 4 is 23.1 Å². The first-order chi connectivity index (χ1) is 12.2. The Morgan fingerprint density at radius 3 is 2.62 bits per heavy atom. The van der Waals surface area contributed by atoms with Gasteiger partial charge in [0.2, 0.25) is 5.71 Å². The predicted octanol–water partition coefficient (Wildman–Crippen LogP) is 2.15. The molecule has 0 amide bonds. The third kappa shape index (κ3) is 3.74. The molecule has 0 aliphatic carbocycles. The van der Waals surface area contributed by atoms with Gasteiger partial charge < -0.3 is 14.1 Å². The number of rotatable bonds is 4. The fourth-order valence-corrected chi connectivity index (χ4v) is 2.39. The zero-order chi connectivity index (χ0) is 18.9. The van der Waals surface area contributed by atoms with Crippen LogP contribution in [0.4, 0.5) is 6.01 Å². The van der Waals surface area contributed by atoms with Crippen LogP contribution >= 0.6 is 0 Å². The Bertz CT molecular complexity index is 986. The van der Waals surface area contributed by atoms with Gasteiger partial charge in [-0.15, -0.1) is 0 Å². The minimum Gasteiger partial charge on any atom is -0.459 e. The number of fused-ring (bicyclic) bond motifs is 1. The van der Waals surface area contributed by atoms with Gasteiger partial charge in [0.25, 0.3) is 5.56 Å². The van der Waals surface area contributed by atoms with Crippen molar-refractivity contribution in [2.75, 3.05) is 18.5 Å². The average molecular weight is 356 g/mol. The van der Waals surface area contributed by atoms with E-state index in [9.17, 15) is 9.59 Å². The maximum atomic E-state index is 12.3. The molecule has 0 unspecified atom stereocenters. The Hall–Kier alpha value is -3.16. The molecule has 2 aromatic heterocycles. The van der Waals surface area contributed by atoms with Crippen LogP contribution in [0.2, 0.25) is 0 Å². The van der Waals surface area contributed by atoms with Crippen LogP contribution in [0.3, 0.4) is 0 Å². The fourth-order valence-electron chi connectivity index (χ4n) is 2.39. The lowest BCUT2D eigenvalue weighted by Gasteiger charge is -2.22. The molecule has 8 nitrogen and oxygen atoms in total. The van der Waals surface area contributed by atoms with E-state index in [0.29, 0.717) is 0 Å². The normalized spacial score (nSPS) is 11.5. The van der Waals surface area contributed by atoms with Crippen LogP contribution < -0.4 is 10.5 Å². The van der Waals surface area contributed by atoms with Gasteiger partial charge in [-0.1, -0.05) is 18.2 Å². The smallest absolute Gasteiger partial charge is 0.326 e. The lowest BCUT2D eigenvalue weighted by molar-refractivity contribution is -0.152. The van der Waals surface area contributed by atoms with Crippen molar-refractivity contribution < 1.29 is 13.9 Å². The van der Waals surface area contributed by atoms with Crippen molar-refractivity contribution in [1.82, 2.24) is 14.8 Å². The summed E-state index contributed by atoms with van der Waals surface area (Å²) in [5.41, 5.74) is -0.0541. The second kappa shape index (κ2) is 6.62. The SMILES string of the molecule is CN(CC(=O)OC(C)(C)C)c1nc(=O)c2cnn(-c3ccccc3)c2o1. The molecule has 8 heteroatoms. The zero-order valence-electron chi connectivity index (χ0n) is 15.1. The second-order valence-corrected chi connectivity index (χ2v) is 6.85. The minimum absolute atomic E-state index is 0.0195. The highest BCUT2D eigenvalue weighted by molar-refractivity contribution is 5.76. The maximum absolute atomic E-state index is 12.3. The van der Waals surface area contributed by atoms with Crippen LogP contribution in [-0.2, 0) is 9.53 Å². The van der Waals surface area contributed by atoms with E-state index in [0.717, 1.165) is 5.69 Å². The molecule has 3 rings (SSSR count). The molecule has 0 radical (unpaired) electrons. The van der Waals surface area contributed by atoms with Crippen LogP contribution in [0.1, 0.15) is 20.8 Å². The number of benzene rings is 1. The molecule has 2 heterocycles. The quantitative estimate of drug-likeness (QED) is 0.662. The molecule has 0 atom stereocenters. The van der Waals surface area contributed by atoms with Gasteiger partial charge >= 0.3 is 12.0 Å². The Labute approximate surface area is 150 Å². The molecule has 0 saturated carbocycles. The molecule has 3 aromatic rings. The number of nitrogens with zero attached hydrogens (tertiary/aromatic N) is 4. The van der Waals surface area contributed by atoms with Crippen LogP contribution in [0.15, 0.2) is 45.7 Å². The number of carbonyl (C=O) groups is 1. The summed E-state index contributed by atoms with van der Waals surface area (Å²) in [7, 11) is 1.60. The van der Waals surface area contributed by atoms with Crippen molar-refractivity contribution in [2.24, 2.45) is 0 Å². The molecule has 0 aliphatic heterocycles. The lowest BCUT2D eigenvalue weighted by Crippen LogP contribution is -2.33. The molecular formula is C18H20N4O4. The molecule has 0 N–H and O–H groups in total. The Kier molecular flexibility index (Phi) is 4.50. The second-order valence-electron chi connectivity index (χ2n) is 6.85. The molecule has 0 aliphatic rings.